The Morgan fingerprint density at radius 3 is 2.40 bits per heavy atom. The van der Waals surface area contributed by atoms with Crippen LogP contribution in [-0.4, -0.2) is 17.9 Å². The lowest BCUT2D eigenvalue weighted by molar-refractivity contribution is -0.384. The lowest BCUT2D eigenvalue weighted by atomic mass is 10.1. The first-order valence-electron chi connectivity index (χ1n) is 10.9. The van der Waals surface area contributed by atoms with Gasteiger partial charge in [-0.25, -0.2) is 0 Å². The van der Waals surface area contributed by atoms with Crippen molar-refractivity contribution in [1.82, 2.24) is 0 Å². The van der Waals surface area contributed by atoms with Gasteiger partial charge in [0.05, 0.1) is 23.4 Å². The van der Waals surface area contributed by atoms with Gasteiger partial charge in [-0.2, -0.15) is 0 Å². The Kier molecular flexibility index (Phi) is 5.73. The first kappa shape index (κ1) is 21.9. The van der Waals surface area contributed by atoms with Gasteiger partial charge >= 0.3 is 0 Å². The van der Waals surface area contributed by atoms with E-state index in [9.17, 15) is 14.9 Å². The molecular formula is C28H20N2O5. The molecule has 4 aromatic rings. The van der Waals surface area contributed by atoms with Gasteiger partial charge in [-0.1, -0.05) is 36.4 Å². The molecule has 0 saturated carbocycles. The number of hydrogen-bond donors (Lipinski definition) is 0. The molecule has 35 heavy (non-hydrogen) atoms. The normalized spacial score (nSPS) is 14.3. The maximum absolute atomic E-state index is 13.5. The summed E-state index contributed by atoms with van der Waals surface area (Å²) >= 11 is 0. The molecule has 1 aromatic heterocycles. The van der Waals surface area contributed by atoms with Crippen molar-refractivity contribution in [3.8, 4) is 17.1 Å². The number of amides is 1. The van der Waals surface area contributed by atoms with Crippen LogP contribution in [0.2, 0.25) is 0 Å². The Labute approximate surface area is 201 Å². The minimum Gasteiger partial charge on any atom is -0.497 e. The van der Waals surface area contributed by atoms with Crippen molar-refractivity contribution < 1.29 is 18.9 Å². The summed E-state index contributed by atoms with van der Waals surface area (Å²) in [4.78, 5) is 25.6. The molecule has 7 nitrogen and oxygen atoms in total. The summed E-state index contributed by atoms with van der Waals surface area (Å²) < 4.78 is 11.3. The van der Waals surface area contributed by atoms with Gasteiger partial charge in [-0.05, 0) is 54.1 Å². The Balaban J connectivity index is 1.51. The number of furan rings is 1. The number of non-ortho nitro benzene ring substituents is 1. The van der Waals surface area contributed by atoms with Gasteiger partial charge in [0.25, 0.3) is 11.6 Å². The molecule has 0 unspecified atom stereocenters. The second kappa shape index (κ2) is 9.15. The fourth-order valence-corrected chi connectivity index (χ4v) is 3.93. The summed E-state index contributed by atoms with van der Waals surface area (Å²) in [5.74, 6) is 1.51. The minimum absolute atomic E-state index is 0.00964. The van der Waals surface area contributed by atoms with Crippen LogP contribution in [0.1, 0.15) is 11.3 Å². The van der Waals surface area contributed by atoms with Crippen molar-refractivity contribution in [2.24, 2.45) is 0 Å². The molecule has 0 bridgehead atoms. The van der Waals surface area contributed by atoms with E-state index in [4.69, 9.17) is 9.15 Å². The molecule has 0 N–H and O–H groups in total. The van der Waals surface area contributed by atoms with E-state index in [1.54, 1.807) is 42.4 Å². The Bertz CT molecular complexity index is 1470. The van der Waals surface area contributed by atoms with Gasteiger partial charge in [0.2, 0.25) is 0 Å². The highest BCUT2D eigenvalue weighted by molar-refractivity contribution is 6.23. The molecule has 7 heteroatoms. The van der Waals surface area contributed by atoms with Gasteiger partial charge in [0.1, 0.15) is 17.3 Å². The number of anilines is 1. The van der Waals surface area contributed by atoms with E-state index in [1.165, 1.54) is 12.1 Å². The highest BCUT2D eigenvalue weighted by atomic mass is 16.6. The molecule has 3 aromatic carbocycles. The first-order valence-corrected chi connectivity index (χ1v) is 10.9. The van der Waals surface area contributed by atoms with Crippen LogP contribution >= 0.6 is 0 Å². The molecular weight excluding hydrogens is 444 g/mol. The average Bonchev–Trinajstić information content (AvgIpc) is 3.49. The van der Waals surface area contributed by atoms with E-state index in [1.807, 2.05) is 60.7 Å². The fourth-order valence-electron chi connectivity index (χ4n) is 3.93. The number of carbonyl (C=O) groups excluding carboxylic acids is 1. The molecule has 0 spiro atoms. The number of carbonyl (C=O) groups is 1. The summed E-state index contributed by atoms with van der Waals surface area (Å²) in [7, 11) is 1.59. The molecule has 1 aliphatic rings. The van der Waals surface area contributed by atoms with Gasteiger partial charge in [-0.3, -0.25) is 19.8 Å². The van der Waals surface area contributed by atoms with Crippen molar-refractivity contribution in [2.45, 2.75) is 0 Å². The summed E-state index contributed by atoms with van der Waals surface area (Å²) in [6.07, 6.45) is 3.53. The molecule has 172 valence electrons. The van der Waals surface area contributed by atoms with E-state index < -0.39 is 4.92 Å². The van der Waals surface area contributed by atoms with Crippen LogP contribution in [0.15, 0.2) is 107 Å². The standard InChI is InChI=1S/C28H20N2O5/c1-34-24-9-5-8-23(18-24)29-26(19-6-3-2-4-7-19)17-21(28(29)31)16-25-14-15-27(35-25)20-10-12-22(13-11-20)30(32)33/h2-18H,1H3/b21-16+. The number of nitro groups is 1. The highest BCUT2D eigenvalue weighted by Gasteiger charge is 2.31. The number of rotatable bonds is 6. The molecule has 0 atom stereocenters. The molecule has 1 aliphatic heterocycles. The fraction of sp³-hybridized carbons (Fsp3) is 0.0357. The number of benzene rings is 3. The third-order valence-electron chi connectivity index (χ3n) is 5.65. The SMILES string of the molecule is COc1cccc(N2C(=O)/C(=C/c3ccc(-c4ccc([N+](=O)[O-])cc4)o3)C=C2c2ccccc2)c1. The van der Waals surface area contributed by atoms with E-state index >= 15 is 0 Å². The maximum Gasteiger partial charge on any atom is 0.269 e. The molecule has 0 radical (unpaired) electrons. The van der Waals surface area contributed by atoms with Gasteiger partial charge in [-0.15, -0.1) is 0 Å². The lowest BCUT2D eigenvalue weighted by Gasteiger charge is -2.21. The highest BCUT2D eigenvalue weighted by Crippen LogP contribution is 2.37. The predicted octanol–water partition coefficient (Wildman–Crippen LogP) is 6.33. The Morgan fingerprint density at radius 1 is 0.914 bits per heavy atom. The first-order chi connectivity index (χ1) is 17.0. The average molecular weight is 464 g/mol. The quantitative estimate of drug-likeness (QED) is 0.189. The van der Waals surface area contributed by atoms with Crippen molar-refractivity contribution in [3.05, 3.63) is 124 Å². The molecule has 0 aliphatic carbocycles. The second-order valence-corrected chi connectivity index (χ2v) is 7.84. The third kappa shape index (κ3) is 4.35. The maximum atomic E-state index is 13.5. The number of ether oxygens (including phenoxy) is 1. The Morgan fingerprint density at radius 2 is 1.69 bits per heavy atom. The van der Waals surface area contributed by atoms with Crippen LogP contribution in [0.3, 0.4) is 0 Å². The zero-order valence-electron chi connectivity index (χ0n) is 18.8. The summed E-state index contributed by atoms with van der Waals surface area (Å²) in [6, 6.07) is 26.7. The van der Waals surface area contributed by atoms with E-state index in [-0.39, 0.29) is 11.6 Å². The summed E-state index contributed by atoms with van der Waals surface area (Å²) in [6.45, 7) is 0. The van der Waals surface area contributed by atoms with Crippen LogP contribution in [-0.2, 0) is 4.79 Å². The van der Waals surface area contributed by atoms with Gasteiger partial charge in [0.15, 0.2) is 0 Å². The van der Waals surface area contributed by atoms with Crippen LogP contribution < -0.4 is 9.64 Å². The zero-order chi connectivity index (χ0) is 24.4. The summed E-state index contributed by atoms with van der Waals surface area (Å²) in [5.41, 5.74) is 3.53. The van der Waals surface area contributed by atoms with Gasteiger partial charge in [0, 0.05) is 29.3 Å². The van der Waals surface area contributed by atoms with E-state index in [2.05, 4.69) is 0 Å². The van der Waals surface area contributed by atoms with Crippen LogP contribution in [0.25, 0.3) is 23.1 Å². The molecule has 2 heterocycles. The lowest BCUT2D eigenvalue weighted by Crippen LogP contribution is -2.24. The Hall–Kier alpha value is -4.91. The monoisotopic (exact) mass is 464 g/mol. The van der Waals surface area contributed by atoms with Crippen molar-refractivity contribution in [3.63, 3.8) is 0 Å². The van der Waals surface area contributed by atoms with Crippen molar-refractivity contribution >= 4 is 29.1 Å². The zero-order valence-corrected chi connectivity index (χ0v) is 18.8. The topological polar surface area (TPSA) is 85.8 Å². The number of nitrogens with zero attached hydrogens (tertiary/aromatic N) is 2. The molecule has 1 amide bonds. The minimum atomic E-state index is -0.446. The van der Waals surface area contributed by atoms with Crippen molar-refractivity contribution in [1.29, 1.82) is 0 Å². The number of hydrogen-bond acceptors (Lipinski definition) is 5. The van der Waals surface area contributed by atoms with E-state index in [0.717, 1.165) is 11.3 Å². The second-order valence-electron chi connectivity index (χ2n) is 7.84. The van der Waals surface area contributed by atoms with E-state index in [0.29, 0.717) is 34.1 Å². The predicted molar refractivity (Wildman–Crippen MR) is 134 cm³/mol. The summed E-state index contributed by atoms with van der Waals surface area (Å²) in [5, 5.41) is 10.9. The third-order valence-corrected chi connectivity index (χ3v) is 5.65. The smallest absolute Gasteiger partial charge is 0.269 e. The molecule has 0 saturated heterocycles. The van der Waals surface area contributed by atoms with Crippen molar-refractivity contribution in [2.75, 3.05) is 12.0 Å². The molecule has 5 rings (SSSR count). The van der Waals surface area contributed by atoms with Crippen LogP contribution in [0.5, 0.6) is 5.75 Å². The largest absolute Gasteiger partial charge is 0.497 e. The van der Waals surface area contributed by atoms with Crippen LogP contribution in [0, 0.1) is 10.1 Å². The number of methoxy groups -OCH3 is 1. The molecule has 0 fully saturated rings. The van der Waals surface area contributed by atoms with Crippen LogP contribution in [0.4, 0.5) is 11.4 Å². The number of nitro benzene ring substituents is 1. The van der Waals surface area contributed by atoms with Gasteiger partial charge < -0.3 is 9.15 Å².